The van der Waals surface area contributed by atoms with Gasteiger partial charge in [0.15, 0.2) is 16.6 Å². The summed E-state index contributed by atoms with van der Waals surface area (Å²) in [6.45, 7) is 7.36. The third-order valence-electron chi connectivity index (χ3n) is 5.93. The number of rotatable bonds is 4. The smallest absolute Gasteiger partial charge is 0.232 e. The summed E-state index contributed by atoms with van der Waals surface area (Å²) in [5, 5.41) is 26.3. The first-order valence-corrected chi connectivity index (χ1v) is 11.4. The van der Waals surface area contributed by atoms with Crippen LogP contribution in [0.25, 0.3) is 11.5 Å². The van der Waals surface area contributed by atoms with Gasteiger partial charge < -0.3 is 10.4 Å². The summed E-state index contributed by atoms with van der Waals surface area (Å²) in [5.41, 5.74) is 1.74. The predicted molar refractivity (Wildman–Crippen MR) is 126 cm³/mol. The molecule has 4 heterocycles. The molecule has 0 aliphatic heterocycles. The first-order valence-electron chi connectivity index (χ1n) is 10.6. The lowest BCUT2D eigenvalue weighted by Crippen LogP contribution is -2.22. The van der Waals surface area contributed by atoms with Gasteiger partial charge in [-0.05, 0) is 26.3 Å². The second-order valence-electron chi connectivity index (χ2n) is 9.54. The zero-order valence-corrected chi connectivity index (χ0v) is 20.4. The van der Waals surface area contributed by atoms with Crippen molar-refractivity contribution in [2.45, 2.75) is 51.0 Å². The fraction of sp³-hybridized carbons (Fsp3) is 0.364. The van der Waals surface area contributed by atoms with Gasteiger partial charge in [0.05, 0.1) is 34.7 Å². The van der Waals surface area contributed by atoms with E-state index in [1.165, 1.54) is 17.2 Å². The molecular formula is C22H22Cl2N8O2. The normalized spacial score (nSPS) is 17.2. The molecule has 10 nitrogen and oxygen atoms in total. The Hall–Kier alpha value is -3.08. The minimum absolute atomic E-state index is 0.196. The number of nitrogens with one attached hydrogen (secondary N) is 1. The number of carbonyl (C=O) groups is 1. The number of pyridine rings is 1. The van der Waals surface area contributed by atoms with E-state index in [-0.39, 0.29) is 22.2 Å². The van der Waals surface area contributed by atoms with Crippen molar-refractivity contribution in [1.29, 1.82) is 0 Å². The van der Waals surface area contributed by atoms with Crippen LogP contribution in [0.4, 0.5) is 5.69 Å². The molecule has 0 fully saturated rings. The molecule has 5 rings (SSSR count). The van der Waals surface area contributed by atoms with Gasteiger partial charge in [0.2, 0.25) is 5.91 Å². The van der Waals surface area contributed by atoms with Gasteiger partial charge in [0.25, 0.3) is 0 Å². The number of carbonyl (C=O) groups excluding carboxylic acids is 1. The van der Waals surface area contributed by atoms with Gasteiger partial charge in [-0.2, -0.15) is 10.2 Å². The van der Waals surface area contributed by atoms with E-state index in [2.05, 4.69) is 44.4 Å². The van der Waals surface area contributed by atoms with E-state index in [1.807, 2.05) is 0 Å². The van der Waals surface area contributed by atoms with Crippen LogP contribution in [0.2, 0.25) is 10.2 Å². The first-order chi connectivity index (χ1) is 15.9. The van der Waals surface area contributed by atoms with Crippen molar-refractivity contribution in [1.82, 2.24) is 34.6 Å². The second-order valence-corrected chi connectivity index (χ2v) is 10.3. The molecule has 1 aliphatic rings. The molecule has 2 N–H and O–H groups in total. The van der Waals surface area contributed by atoms with E-state index in [0.29, 0.717) is 28.6 Å². The van der Waals surface area contributed by atoms with Crippen LogP contribution in [0.15, 0.2) is 30.7 Å². The Bertz CT molecular complexity index is 1440. The van der Waals surface area contributed by atoms with Crippen molar-refractivity contribution in [2.75, 3.05) is 5.32 Å². The van der Waals surface area contributed by atoms with Crippen molar-refractivity contribution >= 4 is 40.4 Å². The highest BCUT2D eigenvalue weighted by molar-refractivity contribution is 6.32. The molecule has 1 amide bonds. The van der Waals surface area contributed by atoms with Crippen LogP contribution in [0.1, 0.15) is 57.0 Å². The Kier molecular flexibility index (Phi) is 5.16. The average Bonchev–Trinajstić information content (AvgIpc) is 3.42. The molecule has 4 aromatic heterocycles. The molecular weight excluding hydrogens is 479 g/mol. The largest absolute Gasteiger partial charge is 0.384 e. The molecule has 4 aromatic rings. The molecule has 34 heavy (non-hydrogen) atoms. The summed E-state index contributed by atoms with van der Waals surface area (Å²) >= 11 is 12.5. The maximum absolute atomic E-state index is 13.3. The zero-order chi connectivity index (χ0) is 24.4. The molecule has 1 atom stereocenters. The summed E-state index contributed by atoms with van der Waals surface area (Å²) < 4.78 is 1.72. The minimum atomic E-state index is -1.15. The summed E-state index contributed by atoms with van der Waals surface area (Å²) in [7, 11) is 0. The Morgan fingerprint density at radius 2 is 1.94 bits per heavy atom. The Balaban J connectivity index is 1.41. The number of aromatic nitrogens is 7. The molecule has 176 valence electrons. The standard InChI is InChI=1S/C22H22Cl2N8O2/c1-21(2)7-12(13-9-25-17-6-16(24)30-31(17)18(13)21)20(33)28-11-5-14(23)19(26-8-11)32-27-10-15(29-32)22(3,4)34/h5-6,8-10,12,34H,7H2,1-4H3,(H,28,33). The highest BCUT2D eigenvalue weighted by atomic mass is 35.5. The zero-order valence-electron chi connectivity index (χ0n) is 18.9. The van der Waals surface area contributed by atoms with Crippen LogP contribution in [-0.4, -0.2) is 45.6 Å². The predicted octanol–water partition coefficient (Wildman–Crippen LogP) is 3.64. The monoisotopic (exact) mass is 500 g/mol. The van der Waals surface area contributed by atoms with E-state index in [9.17, 15) is 9.90 Å². The Morgan fingerprint density at radius 3 is 2.62 bits per heavy atom. The number of nitrogens with zero attached hydrogens (tertiary/aromatic N) is 7. The van der Waals surface area contributed by atoms with E-state index in [0.717, 1.165) is 11.3 Å². The van der Waals surface area contributed by atoms with Crippen LogP contribution in [-0.2, 0) is 15.8 Å². The first kappa shape index (κ1) is 22.7. The number of aliphatic hydroxyl groups is 1. The van der Waals surface area contributed by atoms with Crippen molar-refractivity contribution in [2.24, 2.45) is 0 Å². The summed E-state index contributed by atoms with van der Waals surface area (Å²) in [4.78, 5) is 23.2. The maximum Gasteiger partial charge on any atom is 0.232 e. The number of anilines is 1. The number of halogens is 2. The molecule has 1 aliphatic carbocycles. The third kappa shape index (κ3) is 3.81. The van der Waals surface area contributed by atoms with Crippen LogP contribution in [0.3, 0.4) is 0 Å². The highest BCUT2D eigenvalue weighted by Gasteiger charge is 2.43. The fourth-order valence-corrected chi connectivity index (χ4v) is 4.74. The number of fused-ring (bicyclic) bond motifs is 3. The number of hydrogen-bond acceptors (Lipinski definition) is 7. The molecule has 12 heteroatoms. The van der Waals surface area contributed by atoms with Crippen LogP contribution in [0.5, 0.6) is 0 Å². The van der Waals surface area contributed by atoms with E-state index < -0.39 is 11.5 Å². The molecule has 0 saturated heterocycles. The lowest BCUT2D eigenvalue weighted by atomic mass is 9.88. The lowest BCUT2D eigenvalue weighted by Gasteiger charge is -2.19. The molecule has 0 radical (unpaired) electrons. The molecule has 0 spiro atoms. The highest BCUT2D eigenvalue weighted by Crippen LogP contribution is 2.46. The van der Waals surface area contributed by atoms with Gasteiger partial charge in [-0.3, -0.25) is 4.79 Å². The van der Waals surface area contributed by atoms with Crippen molar-refractivity contribution in [3.63, 3.8) is 0 Å². The van der Waals surface area contributed by atoms with Crippen molar-refractivity contribution in [3.05, 3.63) is 57.9 Å². The van der Waals surface area contributed by atoms with Gasteiger partial charge in [0, 0.05) is 23.2 Å². The quantitative estimate of drug-likeness (QED) is 0.438. The van der Waals surface area contributed by atoms with E-state index in [1.54, 1.807) is 36.7 Å². The second kappa shape index (κ2) is 7.72. The van der Waals surface area contributed by atoms with Crippen LogP contribution >= 0.6 is 23.2 Å². The molecule has 0 bridgehead atoms. The van der Waals surface area contributed by atoms with Crippen molar-refractivity contribution < 1.29 is 9.90 Å². The SMILES string of the molecule is CC(C)(O)c1cnn(-c2ncc(NC(=O)C3CC(C)(C)c4c3cnc3cc(Cl)nn43)cc2Cl)n1. The van der Waals surface area contributed by atoms with Gasteiger partial charge >= 0.3 is 0 Å². The average molecular weight is 501 g/mol. The van der Waals surface area contributed by atoms with Crippen molar-refractivity contribution in [3.8, 4) is 5.82 Å². The van der Waals surface area contributed by atoms with Crippen LogP contribution < -0.4 is 5.32 Å². The Morgan fingerprint density at radius 1 is 1.18 bits per heavy atom. The Labute approximate surface area is 204 Å². The summed E-state index contributed by atoms with van der Waals surface area (Å²) in [6, 6.07) is 3.28. The molecule has 0 saturated carbocycles. The van der Waals surface area contributed by atoms with Gasteiger partial charge in [-0.1, -0.05) is 37.0 Å². The summed E-state index contributed by atoms with van der Waals surface area (Å²) in [5.74, 6) is -0.339. The number of amides is 1. The maximum atomic E-state index is 13.3. The van der Waals surface area contributed by atoms with Gasteiger partial charge in [-0.25, -0.2) is 14.5 Å². The van der Waals surface area contributed by atoms with Gasteiger partial charge in [-0.15, -0.1) is 9.90 Å². The van der Waals surface area contributed by atoms with E-state index >= 15 is 0 Å². The van der Waals surface area contributed by atoms with Gasteiger partial charge in [0.1, 0.15) is 11.3 Å². The molecule has 1 unspecified atom stereocenters. The number of hydrogen-bond donors (Lipinski definition) is 2. The van der Waals surface area contributed by atoms with Crippen LogP contribution in [0, 0.1) is 0 Å². The topological polar surface area (TPSA) is 123 Å². The van der Waals surface area contributed by atoms with E-state index in [4.69, 9.17) is 23.2 Å². The summed E-state index contributed by atoms with van der Waals surface area (Å²) in [6.07, 6.45) is 5.25. The minimum Gasteiger partial charge on any atom is -0.384 e. The third-order valence-corrected chi connectivity index (χ3v) is 6.39. The lowest BCUT2D eigenvalue weighted by molar-refractivity contribution is -0.117. The molecule has 0 aromatic carbocycles. The fourth-order valence-electron chi connectivity index (χ4n) is 4.32.